The Kier molecular flexibility index (Phi) is 3.06. The standard InChI is InChI=1S/C11H20N2O/c1-8-4-5-12-10(6-8)11(14)13-7-9-2-3-9/h8-10,12H,2-7H2,1H3,(H,13,14). The summed E-state index contributed by atoms with van der Waals surface area (Å²) in [5, 5.41) is 6.31. The van der Waals surface area contributed by atoms with Crippen LogP contribution in [0.1, 0.15) is 32.6 Å². The van der Waals surface area contributed by atoms with E-state index in [9.17, 15) is 4.79 Å². The van der Waals surface area contributed by atoms with Crippen molar-refractivity contribution in [1.29, 1.82) is 0 Å². The van der Waals surface area contributed by atoms with Gasteiger partial charge < -0.3 is 10.6 Å². The van der Waals surface area contributed by atoms with Crippen molar-refractivity contribution in [3.05, 3.63) is 0 Å². The van der Waals surface area contributed by atoms with Gasteiger partial charge in [0.1, 0.15) is 0 Å². The molecule has 0 bridgehead atoms. The Morgan fingerprint density at radius 2 is 2.21 bits per heavy atom. The van der Waals surface area contributed by atoms with Crippen molar-refractivity contribution in [3.8, 4) is 0 Å². The van der Waals surface area contributed by atoms with E-state index in [1.807, 2.05) is 0 Å². The summed E-state index contributed by atoms with van der Waals surface area (Å²) in [7, 11) is 0. The smallest absolute Gasteiger partial charge is 0.237 e. The minimum absolute atomic E-state index is 0.0671. The van der Waals surface area contributed by atoms with Crippen LogP contribution < -0.4 is 10.6 Å². The summed E-state index contributed by atoms with van der Waals surface area (Å²) < 4.78 is 0. The van der Waals surface area contributed by atoms with Gasteiger partial charge in [-0.2, -0.15) is 0 Å². The zero-order valence-corrected chi connectivity index (χ0v) is 8.88. The summed E-state index contributed by atoms with van der Waals surface area (Å²) in [4.78, 5) is 11.7. The monoisotopic (exact) mass is 196 g/mol. The number of carbonyl (C=O) groups is 1. The van der Waals surface area contributed by atoms with Crippen LogP contribution in [-0.4, -0.2) is 25.0 Å². The third kappa shape index (κ3) is 2.71. The van der Waals surface area contributed by atoms with Crippen LogP contribution in [0.3, 0.4) is 0 Å². The van der Waals surface area contributed by atoms with Crippen molar-refractivity contribution < 1.29 is 4.79 Å². The molecule has 0 aromatic carbocycles. The van der Waals surface area contributed by atoms with Gasteiger partial charge in [-0.25, -0.2) is 0 Å². The first-order chi connectivity index (χ1) is 6.75. The Hall–Kier alpha value is -0.570. The summed E-state index contributed by atoms with van der Waals surface area (Å²) in [6, 6.07) is 0.0671. The molecule has 1 saturated heterocycles. The predicted octanol–water partition coefficient (Wildman–Crippen LogP) is 0.901. The highest BCUT2D eigenvalue weighted by Gasteiger charge is 2.26. The van der Waals surface area contributed by atoms with Crippen LogP contribution in [0, 0.1) is 11.8 Å². The van der Waals surface area contributed by atoms with Crippen LogP contribution in [0.5, 0.6) is 0 Å². The Labute approximate surface area is 85.6 Å². The zero-order valence-electron chi connectivity index (χ0n) is 8.88. The van der Waals surface area contributed by atoms with Crippen molar-refractivity contribution >= 4 is 5.91 Å². The normalized spacial score (nSPS) is 32.6. The van der Waals surface area contributed by atoms with Gasteiger partial charge in [-0.3, -0.25) is 4.79 Å². The van der Waals surface area contributed by atoms with Crippen molar-refractivity contribution in [3.63, 3.8) is 0 Å². The number of nitrogens with one attached hydrogen (secondary N) is 2. The maximum atomic E-state index is 11.7. The molecule has 2 fully saturated rings. The van der Waals surface area contributed by atoms with E-state index in [2.05, 4.69) is 17.6 Å². The fourth-order valence-electron chi connectivity index (χ4n) is 2.00. The molecule has 2 rings (SSSR count). The number of hydrogen-bond acceptors (Lipinski definition) is 2. The van der Waals surface area contributed by atoms with E-state index in [1.165, 1.54) is 19.3 Å². The Bertz CT molecular complexity index is 213. The van der Waals surface area contributed by atoms with E-state index in [0.717, 1.165) is 25.4 Å². The molecular formula is C11H20N2O. The predicted molar refractivity (Wildman–Crippen MR) is 55.9 cm³/mol. The molecule has 2 atom stereocenters. The van der Waals surface area contributed by atoms with Crippen LogP contribution in [0.15, 0.2) is 0 Å². The highest BCUT2D eigenvalue weighted by Crippen LogP contribution is 2.27. The van der Waals surface area contributed by atoms with Crippen molar-refractivity contribution in [2.24, 2.45) is 11.8 Å². The van der Waals surface area contributed by atoms with Gasteiger partial charge in [0.05, 0.1) is 6.04 Å². The topological polar surface area (TPSA) is 41.1 Å². The molecule has 1 aliphatic heterocycles. The molecule has 1 aliphatic carbocycles. The maximum absolute atomic E-state index is 11.7. The van der Waals surface area contributed by atoms with Gasteiger partial charge in [0.25, 0.3) is 0 Å². The molecule has 0 aromatic heterocycles. The van der Waals surface area contributed by atoms with Crippen molar-refractivity contribution in [1.82, 2.24) is 10.6 Å². The summed E-state index contributed by atoms with van der Waals surface area (Å²) in [5.41, 5.74) is 0. The molecule has 3 heteroatoms. The number of piperidine rings is 1. The first kappa shape index (κ1) is 9.97. The fourth-order valence-corrected chi connectivity index (χ4v) is 2.00. The number of hydrogen-bond donors (Lipinski definition) is 2. The maximum Gasteiger partial charge on any atom is 0.237 e. The quantitative estimate of drug-likeness (QED) is 0.704. The molecule has 2 unspecified atom stereocenters. The van der Waals surface area contributed by atoms with E-state index in [0.29, 0.717) is 5.92 Å². The molecular weight excluding hydrogens is 176 g/mol. The summed E-state index contributed by atoms with van der Waals surface area (Å²) in [6.45, 7) is 4.11. The number of carbonyl (C=O) groups excluding carboxylic acids is 1. The fraction of sp³-hybridized carbons (Fsp3) is 0.909. The van der Waals surface area contributed by atoms with Gasteiger partial charge in [0, 0.05) is 6.54 Å². The lowest BCUT2D eigenvalue weighted by Gasteiger charge is -2.27. The van der Waals surface area contributed by atoms with Crippen molar-refractivity contribution in [2.75, 3.05) is 13.1 Å². The van der Waals surface area contributed by atoms with E-state index in [4.69, 9.17) is 0 Å². The Morgan fingerprint density at radius 3 is 2.86 bits per heavy atom. The highest BCUT2D eigenvalue weighted by molar-refractivity contribution is 5.81. The molecule has 2 N–H and O–H groups in total. The van der Waals surface area contributed by atoms with Crippen LogP contribution in [-0.2, 0) is 4.79 Å². The Balaban J connectivity index is 1.71. The van der Waals surface area contributed by atoms with Crippen LogP contribution in [0.4, 0.5) is 0 Å². The van der Waals surface area contributed by atoms with Gasteiger partial charge >= 0.3 is 0 Å². The summed E-state index contributed by atoms with van der Waals surface area (Å²) in [6.07, 6.45) is 4.80. The molecule has 80 valence electrons. The van der Waals surface area contributed by atoms with Crippen LogP contribution >= 0.6 is 0 Å². The number of amides is 1. The molecule has 1 heterocycles. The highest BCUT2D eigenvalue weighted by atomic mass is 16.2. The van der Waals surface area contributed by atoms with Crippen molar-refractivity contribution in [2.45, 2.75) is 38.6 Å². The number of rotatable bonds is 3. The lowest BCUT2D eigenvalue weighted by Crippen LogP contribution is -2.48. The van der Waals surface area contributed by atoms with E-state index >= 15 is 0 Å². The molecule has 0 spiro atoms. The second-order valence-electron chi connectivity index (χ2n) is 4.82. The molecule has 14 heavy (non-hydrogen) atoms. The van der Waals surface area contributed by atoms with E-state index in [1.54, 1.807) is 0 Å². The SMILES string of the molecule is CC1CCNC(C(=O)NCC2CC2)C1. The minimum Gasteiger partial charge on any atom is -0.354 e. The lowest BCUT2D eigenvalue weighted by molar-refractivity contribution is -0.124. The van der Waals surface area contributed by atoms with Gasteiger partial charge in [-0.05, 0) is 44.1 Å². The molecule has 3 nitrogen and oxygen atoms in total. The van der Waals surface area contributed by atoms with Crippen LogP contribution in [0.2, 0.25) is 0 Å². The van der Waals surface area contributed by atoms with Gasteiger partial charge in [-0.1, -0.05) is 6.92 Å². The summed E-state index contributed by atoms with van der Waals surface area (Å²) >= 11 is 0. The first-order valence-electron chi connectivity index (χ1n) is 5.77. The van der Waals surface area contributed by atoms with Gasteiger partial charge in [0.15, 0.2) is 0 Å². The zero-order chi connectivity index (χ0) is 9.97. The molecule has 1 amide bonds. The van der Waals surface area contributed by atoms with E-state index in [-0.39, 0.29) is 11.9 Å². The summed E-state index contributed by atoms with van der Waals surface area (Å²) in [5.74, 6) is 1.68. The third-order valence-corrected chi connectivity index (χ3v) is 3.24. The van der Waals surface area contributed by atoms with E-state index < -0.39 is 0 Å². The third-order valence-electron chi connectivity index (χ3n) is 3.24. The molecule has 1 saturated carbocycles. The largest absolute Gasteiger partial charge is 0.354 e. The van der Waals surface area contributed by atoms with Gasteiger partial charge in [-0.15, -0.1) is 0 Å². The second-order valence-corrected chi connectivity index (χ2v) is 4.82. The average molecular weight is 196 g/mol. The molecule has 0 radical (unpaired) electrons. The minimum atomic E-state index is 0.0671. The molecule has 2 aliphatic rings. The average Bonchev–Trinajstić information content (AvgIpc) is 2.97. The molecule has 0 aromatic rings. The van der Waals surface area contributed by atoms with Crippen LogP contribution in [0.25, 0.3) is 0 Å². The Morgan fingerprint density at radius 1 is 1.43 bits per heavy atom. The first-order valence-corrected chi connectivity index (χ1v) is 5.77. The van der Waals surface area contributed by atoms with Gasteiger partial charge in [0.2, 0.25) is 5.91 Å². The lowest BCUT2D eigenvalue weighted by atomic mass is 9.94. The second kappa shape index (κ2) is 4.30.